The van der Waals surface area contributed by atoms with Crippen LogP contribution in [0.25, 0.3) is 10.2 Å². The Morgan fingerprint density at radius 2 is 1.97 bits per heavy atom. The van der Waals surface area contributed by atoms with Crippen LogP contribution in [0.4, 0.5) is 21.0 Å². The Morgan fingerprint density at radius 3 is 2.63 bits per heavy atom. The largest absolute Gasteiger partial charge is 0.497 e. The summed E-state index contributed by atoms with van der Waals surface area (Å²) >= 11 is 1.22. The van der Waals surface area contributed by atoms with Crippen molar-refractivity contribution in [1.29, 1.82) is 0 Å². The molecule has 2 aromatic heterocycles. The minimum absolute atomic E-state index is 0.337. The van der Waals surface area contributed by atoms with Gasteiger partial charge in [0.15, 0.2) is 0 Å². The number of rotatable bonds is 5. The predicted octanol–water partition coefficient (Wildman–Crippen LogP) is 5.14. The molecule has 11 heteroatoms. The van der Waals surface area contributed by atoms with Gasteiger partial charge >= 0.3 is 12.1 Å². The molecule has 3 N–H and O–H groups in total. The number of aromatic nitrogens is 1. The van der Waals surface area contributed by atoms with Gasteiger partial charge in [-0.15, -0.1) is 11.3 Å². The zero-order chi connectivity index (χ0) is 27.2. The molecule has 2 aliphatic heterocycles. The van der Waals surface area contributed by atoms with E-state index >= 15 is 0 Å². The molecule has 1 saturated heterocycles. The first kappa shape index (κ1) is 25.8. The third kappa shape index (κ3) is 4.62. The Balaban J connectivity index is 1.46. The second kappa shape index (κ2) is 9.79. The highest BCUT2D eigenvalue weighted by Crippen LogP contribution is 2.44. The number of hydrogen-bond donors (Lipinski definition) is 3. The Labute approximate surface area is 224 Å². The number of carbonyl (C=O) groups is 3. The lowest BCUT2D eigenvalue weighted by Gasteiger charge is -2.46. The van der Waals surface area contributed by atoms with Crippen molar-refractivity contribution >= 4 is 51.0 Å². The zero-order valence-corrected chi connectivity index (χ0v) is 22.6. The van der Waals surface area contributed by atoms with Crippen molar-refractivity contribution in [2.75, 3.05) is 23.9 Å². The fourth-order valence-corrected chi connectivity index (χ4v) is 6.55. The fourth-order valence-electron chi connectivity index (χ4n) is 5.53. The van der Waals surface area contributed by atoms with Gasteiger partial charge in [-0.2, -0.15) is 0 Å². The summed E-state index contributed by atoms with van der Waals surface area (Å²) in [6, 6.07) is 8.21. The predicted molar refractivity (Wildman–Crippen MR) is 146 cm³/mol. The number of carbonyl (C=O) groups excluding carboxylic acids is 2. The summed E-state index contributed by atoms with van der Waals surface area (Å²) in [5, 5.41) is 16.5. The number of hydrogen-bond acceptors (Lipinski definition) is 6. The number of nitrogens with zero attached hydrogens (tertiary/aromatic N) is 3. The number of amides is 4. The standard InChI is InChI=1S/C27H31N5O5S/c1-27(2,3)22-17(6-5-13-31(22)26(35)36)29-23(33)21-20-19-18(11-12-28-24(19)38-21)32(25(34)30-20)14-15-7-9-16(37-4)10-8-15/h7-12,17,22H,5-6,13-14H2,1-4H3,(H,29,33)(H,30,34)(H,35,36). The number of anilines is 2. The van der Waals surface area contributed by atoms with E-state index in [9.17, 15) is 19.5 Å². The van der Waals surface area contributed by atoms with Crippen molar-refractivity contribution in [2.24, 2.45) is 5.41 Å². The van der Waals surface area contributed by atoms with Crippen LogP contribution in [0, 0.1) is 5.41 Å². The van der Waals surface area contributed by atoms with Crippen LogP contribution in [0.5, 0.6) is 5.75 Å². The number of piperidine rings is 1. The smallest absolute Gasteiger partial charge is 0.407 e. The molecule has 2 aliphatic rings. The first-order valence-electron chi connectivity index (χ1n) is 12.5. The molecule has 38 heavy (non-hydrogen) atoms. The van der Waals surface area contributed by atoms with E-state index in [2.05, 4.69) is 15.6 Å². The van der Waals surface area contributed by atoms with Gasteiger partial charge in [-0.3, -0.25) is 9.69 Å². The van der Waals surface area contributed by atoms with Crippen molar-refractivity contribution in [2.45, 2.75) is 52.2 Å². The number of carboxylic acid groups (broad SMARTS) is 1. The van der Waals surface area contributed by atoms with Crippen molar-refractivity contribution in [3.05, 3.63) is 47.0 Å². The van der Waals surface area contributed by atoms with Crippen LogP contribution in [0.15, 0.2) is 36.5 Å². The number of ether oxygens (including phenoxy) is 1. The molecule has 1 fully saturated rings. The quantitative estimate of drug-likeness (QED) is 0.414. The van der Waals surface area contributed by atoms with E-state index in [1.165, 1.54) is 16.2 Å². The molecule has 3 aromatic rings. The summed E-state index contributed by atoms with van der Waals surface area (Å²) in [4.78, 5) is 47.4. The number of likely N-dealkylation sites (tertiary alicyclic amines) is 1. The molecule has 4 heterocycles. The molecule has 0 bridgehead atoms. The average molecular weight is 538 g/mol. The van der Waals surface area contributed by atoms with Crippen LogP contribution in [0.2, 0.25) is 0 Å². The summed E-state index contributed by atoms with van der Waals surface area (Å²) in [7, 11) is 1.60. The van der Waals surface area contributed by atoms with Gasteiger partial charge in [-0.05, 0) is 42.0 Å². The number of nitrogens with one attached hydrogen (secondary N) is 2. The van der Waals surface area contributed by atoms with E-state index in [4.69, 9.17) is 4.74 Å². The first-order valence-corrected chi connectivity index (χ1v) is 13.3. The molecular weight excluding hydrogens is 506 g/mol. The lowest BCUT2D eigenvalue weighted by atomic mass is 9.77. The summed E-state index contributed by atoms with van der Waals surface area (Å²) in [5.41, 5.74) is 1.67. The van der Waals surface area contributed by atoms with Gasteiger partial charge in [0.2, 0.25) is 0 Å². The molecule has 0 spiro atoms. The zero-order valence-electron chi connectivity index (χ0n) is 21.8. The van der Waals surface area contributed by atoms with Crippen molar-refractivity contribution < 1.29 is 24.2 Å². The SMILES string of the molecule is COc1ccc(CN2C(=O)Nc3c(C(=O)NC4CCCN(C(=O)O)C4C(C)(C)C)sc4nccc2c34)cc1. The van der Waals surface area contributed by atoms with Gasteiger partial charge in [0, 0.05) is 12.7 Å². The van der Waals surface area contributed by atoms with E-state index < -0.39 is 6.09 Å². The van der Waals surface area contributed by atoms with Crippen LogP contribution in [-0.4, -0.2) is 58.8 Å². The average Bonchev–Trinajstić information content (AvgIpc) is 3.25. The van der Waals surface area contributed by atoms with Crippen molar-refractivity contribution in [1.82, 2.24) is 15.2 Å². The summed E-state index contributed by atoms with van der Waals surface area (Å²) in [5.74, 6) is 0.390. The van der Waals surface area contributed by atoms with E-state index in [-0.39, 0.29) is 29.4 Å². The highest BCUT2D eigenvalue weighted by Gasteiger charge is 2.43. The molecular formula is C27H31N5O5S. The van der Waals surface area contributed by atoms with E-state index in [1.54, 1.807) is 24.3 Å². The third-order valence-electron chi connectivity index (χ3n) is 7.12. The molecule has 200 valence electrons. The van der Waals surface area contributed by atoms with Crippen LogP contribution >= 0.6 is 11.3 Å². The summed E-state index contributed by atoms with van der Waals surface area (Å²) < 4.78 is 5.23. The number of pyridine rings is 1. The Kier molecular flexibility index (Phi) is 6.64. The van der Waals surface area contributed by atoms with Crippen molar-refractivity contribution in [3.8, 4) is 5.75 Å². The summed E-state index contributed by atoms with van der Waals surface area (Å²) in [6.45, 7) is 6.72. The van der Waals surface area contributed by atoms with E-state index in [0.717, 1.165) is 16.7 Å². The van der Waals surface area contributed by atoms with Gasteiger partial charge < -0.3 is 25.4 Å². The maximum absolute atomic E-state index is 13.6. The highest BCUT2D eigenvalue weighted by molar-refractivity contribution is 7.21. The molecule has 10 nitrogen and oxygen atoms in total. The first-order chi connectivity index (χ1) is 18.1. The molecule has 5 rings (SSSR count). The highest BCUT2D eigenvalue weighted by atomic mass is 32.1. The molecule has 2 atom stereocenters. The van der Waals surface area contributed by atoms with Crippen LogP contribution in [0.3, 0.4) is 0 Å². The second-order valence-electron chi connectivity index (χ2n) is 10.7. The van der Waals surface area contributed by atoms with E-state index in [1.807, 2.05) is 45.0 Å². The van der Waals surface area contributed by atoms with Gasteiger partial charge in [0.05, 0.1) is 42.5 Å². The molecule has 1 aromatic carbocycles. The maximum Gasteiger partial charge on any atom is 0.407 e. The maximum atomic E-state index is 13.6. The third-order valence-corrected chi connectivity index (χ3v) is 8.22. The van der Waals surface area contributed by atoms with Gasteiger partial charge in [-0.1, -0.05) is 32.9 Å². The Morgan fingerprint density at radius 1 is 1.24 bits per heavy atom. The van der Waals surface area contributed by atoms with Gasteiger partial charge in [0.25, 0.3) is 5.91 Å². The lowest BCUT2D eigenvalue weighted by molar-refractivity contribution is 0.0359. The van der Waals surface area contributed by atoms with Crippen LogP contribution in [0.1, 0.15) is 48.8 Å². The summed E-state index contributed by atoms with van der Waals surface area (Å²) in [6.07, 6.45) is 1.98. The molecule has 4 amide bonds. The monoisotopic (exact) mass is 537 g/mol. The molecule has 0 radical (unpaired) electrons. The molecule has 0 saturated carbocycles. The minimum atomic E-state index is -0.987. The molecule has 2 unspecified atom stereocenters. The van der Waals surface area contributed by atoms with Gasteiger partial charge in [0.1, 0.15) is 15.5 Å². The van der Waals surface area contributed by atoms with Crippen LogP contribution < -0.4 is 20.3 Å². The molecule has 0 aliphatic carbocycles. The van der Waals surface area contributed by atoms with Crippen molar-refractivity contribution in [3.63, 3.8) is 0 Å². The topological polar surface area (TPSA) is 124 Å². The number of benzene rings is 1. The number of methoxy groups -OCH3 is 1. The lowest BCUT2D eigenvalue weighted by Crippen LogP contribution is -2.61. The van der Waals surface area contributed by atoms with Gasteiger partial charge in [-0.25, -0.2) is 14.6 Å². The van der Waals surface area contributed by atoms with Crippen LogP contribution in [-0.2, 0) is 6.54 Å². The Hall–Kier alpha value is -3.86. The normalized spacial score (nSPS) is 19.3. The minimum Gasteiger partial charge on any atom is -0.497 e. The number of urea groups is 1. The van der Waals surface area contributed by atoms with E-state index in [0.29, 0.717) is 47.0 Å². The second-order valence-corrected chi connectivity index (χ2v) is 11.7. The fraction of sp³-hybridized carbons (Fsp3) is 0.407. The number of thiophene rings is 1. The Bertz CT molecular complexity index is 1400.